The molecule has 0 aliphatic carbocycles. The van der Waals surface area contributed by atoms with Gasteiger partial charge in [0.1, 0.15) is 5.52 Å². The monoisotopic (exact) mass is 232 g/mol. The highest BCUT2D eigenvalue weighted by atomic mass is 19.4. The fourth-order valence-electron chi connectivity index (χ4n) is 1.53. The highest BCUT2D eigenvalue weighted by molar-refractivity contribution is 5.84. The van der Waals surface area contributed by atoms with E-state index in [-0.39, 0.29) is 10.9 Å². The van der Waals surface area contributed by atoms with Gasteiger partial charge >= 0.3 is 6.36 Å². The van der Waals surface area contributed by atoms with Crippen LogP contribution in [0, 0.1) is 0 Å². The summed E-state index contributed by atoms with van der Waals surface area (Å²) in [5, 5.41) is 2.51. The first-order valence-electron chi connectivity index (χ1n) is 4.32. The predicted molar refractivity (Wildman–Crippen MR) is 50.2 cm³/mol. The van der Waals surface area contributed by atoms with Gasteiger partial charge in [-0.15, -0.1) is 13.2 Å². The lowest BCUT2D eigenvalue weighted by atomic mass is 10.2. The van der Waals surface area contributed by atoms with E-state index in [1.165, 1.54) is 23.9 Å². The van der Waals surface area contributed by atoms with E-state index in [2.05, 4.69) is 9.84 Å². The molecular formula is C9H7F3N2O2. The topological polar surface area (TPSA) is 47.0 Å². The van der Waals surface area contributed by atoms with Crippen LogP contribution in [0.3, 0.4) is 0 Å². The number of hydrogen-bond donors (Lipinski definition) is 1. The minimum absolute atomic E-state index is 0.0878. The number of nitrogens with zero attached hydrogens (tertiary/aromatic N) is 1. The van der Waals surface area contributed by atoms with E-state index in [4.69, 9.17) is 0 Å². The van der Waals surface area contributed by atoms with Gasteiger partial charge in [-0.3, -0.25) is 14.6 Å². The van der Waals surface area contributed by atoms with E-state index in [9.17, 15) is 18.0 Å². The molecule has 0 spiro atoms. The first-order chi connectivity index (χ1) is 7.38. The van der Waals surface area contributed by atoms with Gasteiger partial charge in [0.15, 0.2) is 5.75 Å². The maximum atomic E-state index is 12.1. The predicted octanol–water partition coefficient (Wildman–Crippen LogP) is 1.77. The van der Waals surface area contributed by atoms with Gasteiger partial charge in [-0.25, -0.2) is 0 Å². The summed E-state index contributed by atoms with van der Waals surface area (Å²) in [5.74, 6) is -0.397. The van der Waals surface area contributed by atoms with Gasteiger partial charge in [-0.05, 0) is 12.1 Å². The minimum Gasteiger partial charge on any atom is -0.403 e. The molecule has 1 aromatic heterocycles. The van der Waals surface area contributed by atoms with E-state index < -0.39 is 17.7 Å². The van der Waals surface area contributed by atoms with E-state index in [1.807, 2.05) is 0 Å². The molecule has 16 heavy (non-hydrogen) atoms. The highest BCUT2D eigenvalue weighted by Gasteiger charge is 2.32. The third-order valence-electron chi connectivity index (χ3n) is 2.07. The zero-order valence-corrected chi connectivity index (χ0v) is 8.13. The molecular weight excluding hydrogens is 225 g/mol. The smallest absolute Gasteiger partial charge is 0.403 e. The fourth-order valence-corrected chi connectivity index (χ4v) is 1.53. The quantitative estimate of drug-likeness (QED) is 0.814. The maximum Gasteiger partial charge on any atom is 0.573 e. The number of fused-ring (bicyclic) bond motifs is 1. The van der Waals surface area contributed by atoms with Crippen molar-refractivity contribution in [1.29, 1.82) is 0 Å². The summed E-state index contributed by atoms with van der Waals surface area (Å²) in [4.78, 5) is 11.3. The van der Waals surface area contributed by atoms with E-state index in [0.29, 0.717) is 0 Å². The molecule has 0 bridgehead atoms. The Balaban J connectivity index is 2.66. The normalized spacial score (nSPS) is 12.0. The molecule has 2 rings (SSSR count). The number of H-pyrrole nitrogens is 1. The number of alkyl halides is 3. The zero-order chi connectivity index (χ0) is 11.9. The van der Waals surface area contributed by atoms with Gasteiger partial charge in [0.2, 0.25) is 0 Å². The summed E-state index contributed by atoms with van der Waals surface area (Å²) in [6, 6.07) is 3.92. The molecule has 0 unspecified atom stereocenters. The first kappa shape index (κ1) is 10.6. The zero-order valence-electron chi connectivity index (χ0n) is 8.13. The molecule has 0 aliphatic heterocycles. The van der Waals surface area contributed by atoms with Crippen molar-refractivity contribution in [3.63, 3.8) is 0 Å². The molecule has 0 aliphatic rings. The minimum atomic E-state index is -4.78. The van der Waals surface area contributed by atoms with Crippen molar-refractivity contribution < 1.29 is 17.9 Å². The Morgan fingerprint density at radius 3 is 2.69 bits per heavy atom. The highest BCUT2D eigenvalue weighted by Crippen LogP contribution is 2.28. The van der Waals surface area contributed by atoms with Crippen molar-refractivity contribution in [2.45, 2.75) is 6.36 Å². The van der Waals surface area contributed by atoms with Crippen molar-refractivity contribution in [2.75, 3.05) is 0 Å². The number of benzene rings is 1. The third-order valence-corrected chi connectivity index (χ3v) is 2.07. The van der Waals surface area contributed by atoms with Crippen LogP contribution in [0.2, 0.25) is 0 Å². The number of nitrogens with one attached hydrogen (secondary N) is 1. The van der Waals surface area contributed by atoms with Crippen LogP contribution in [0.15, 0.2) is 23.0 Å². The maximum absolute atomic E-state index is 12.1. The number of para-hydroxylation sites is 1. The molecule has 2 aromatic rings. The number of ether oxygens (including phenoxy) is 1. The molecule has 0 radical (unpaired) electrons. The largest absolute Gasteiger partial charge is 0.573 e. The van der Waals surface area contributed by atoms with Gasteiger partial charge < -0.3 is 4.74 Å². The van der Waals surface area contributed by atoms with Gasteiger partial charge in [0, 0.05) is 7.05 Å². The first-order valence-corrected chi connectivity index (χ1v) is 4.32. The van der Waals surface area contributed by atoms with E-state index >= 15 is 0 Å². The molecule has 0 fully saturated rings. The van der Waals surface area contributed by atoms with Crippen LogP contribution in [0.25, 0.3) is 10.9 Å². The van der Waals surface area contributed by atoms with Crippen LogP contribution in [0.1, 0.15) is 0 Å². The van der Waals surface area contributed by atoms with Crippen molar-refractivity contribution in [3.8, 4) is 5.75 Å². The second-order valence-corrected chi connectivity index (χ2v) is 3.20. The van der Waals surface area contributed by atoms with Crippen LogP contribution in [0.4, 0.5) is 13.2 Å². The lowest BCUT2D eigenvalue weighted by Gasteiger charge is -2.10. The van der Waals surface area contributed by atoms with Crippen molar-refractivity contribution in [1.82, 2.24) is 9.78 Å². The lowest BCUT2D eigenvalue weighted by Crippen LogP contribution is -2.17. The molecule has 4 nitrogen and oxygen atoms in total. The van der Waals surface area contributed by atoms with Crippen LogP contribution in [-0.4, -0.2) is 16.1 Å². The second kappa shape index (κ2) is 3.29. The van der Waals surface area contributed by atoms with Crippen LogP contribution in [-0.2, 0) is 7.05 Å². The molecule has 7 heteroatoms. The molecule has 0 amide bonds. The van der Waals surface area contributed by atoms with Crippen LogP contribution >= 0.6 is 0 Å². The molecule has 0 saturated heterocycles. The number of aryl methyl sites for hydroxylation is 1. The van der Waals surface area contributed by atoms with E-state index in [1.54, 1.807) is 0 Å². The molecule has 86 valence electrons. The Morgan fingerprint density at radius 1 is 1.38 bits per heavy atom. The number of aromatic nitrogens is 2. The molecule has 1 heterocycles. The van der Waals surface area contributed by atoms with Crippen LogP contribution < -0.4 is 10.3 Å². The summed E-state index contributed by atoms with van der Waals surface area (Å²) < 4.78 is 41.3. The summed E-state index contributed by atoms with van der Waals surface area (Å²) in [7, 11) is 1.44. The molecule has 1 N–H and O–H groups in total. The lowest BCUT2D eigenvalue weighted by molar-refractivity contribution is -0.274. The number of hydrogen-bond acceptors (Lipinski definition) is 2. The standard InChI is InChI=1S/C9H7F3N2O2/c1-14-7-5(8(15)13-14)3-2-4-6(7)16-9(10,11)12/h2-4H,1H3,(H,13,15). The Morgan fingerprint density at radius 2 is 2.06 bits per heavy atom. The summed E-state index contributed by atoms with van der Waals surface area (Å²) >= 11 is 0. The van der Waals surface area contributed by atoms with Crippen molar-refractivity contribution in [2.24, 2.45) is 7.05 Å². The fraction of sp³-hybridized carbons (Fsp3) is 0.222. The van der Waals surface area contributed by atoms with Crippen molar-refractivity contribution in [3.05, 3.63) is 28.6 Å². The summed E-state index contributed by atoms with van der Waals surface area (Å²) in [6.07, 6.45) is -4.78. The Bertz CT molecular complexity index is 582. The number of halogens is 3. The summed E-state index contributed by atoms with van der Waals surface area (Å²) in [5.41, 5.74) is -0.366. The SMILES string of the molecule is Cn1[nH]c(=O)c2cccc(OC(F)(F)F)c21. The van der Waals surface area contributed by atoms with Gasteiger partial charge in [-0.1, -0.05) is 6.07 Å². The Hall–Kier alpha value is -1.92. The average Bonchev–Trinajstić information content (AvgIpc) is 2.41. The molecule has 0 atom stereocenters. The van der Waals surface area contributed by atoms with Crippen molar-refractivity contribution >= 4 is 10.9 Å². The molecule has 0 saturated carbocycles. The third kappa shape index (κ3) is 1.75. The van der Waals surface area contributed by atoms with Gasteiger partial charge in [-0.2, -0.15) is 0 Å². The number of rotatable bonds is 1. The average molecular weight is 232 g/mol. The summed E-state index contributed by atoms with van der Waals surface area (Å²) in [6.45, 7) is 0. The van der Waals surface area contributed by atoms with E-state index in [0.717, 1.165) is 6.07 Å². The Labute approximate surface area is 87.2 Å². The van der Waals surface area contributed by atoms with Gasteiger partial charge in [0.25, 0.3) is 5.56 Å². The van der Waals surface area contributed by atoms with Crippen LogP contribution in [0.5, 0.6) is 5.75 Å². The molecule has 1 aromatic carbocycles. The second-order valence-electron chi connectivity index (χ2n) is 3.20. The number of aromatic amines is 1. The Kier molecular flexibility index (Phi) is 2.18. The van der Waals surface area contributed by atoms with Gasteiger partial charge in [0.05, 0.1) is 5.39 Å².